The van der Waals surface area contributed by atoms with Gasteiger partial charge in [-0.05, 0) is 32.9 Å². The standard InChI is InChI=1S/C11H16N2O3/c1-8(11(2,3)14)12-9-4-6-10(7-5-9)13(15)16/h4-8,12,14H,1-3H3. The smallest absolute Gasteiger partial charge is 0.269 e. The molecule has 1 aromatic rings. The molecule has 0 aliphatic carbocycles. The molecule has 88 valence electrons. The molecule has 0 aliphatic heterocycles. The summed E-state index contributed by atoms with van der Waals surface area (Å²) in [4.78, 5) is 10.00. The van der Waals surface area contributed by atoms with Gasteiger partial charge in [0.2, 0.25) is 0 Å². The highest BCUT2D eigenvalue weighted by molar-refractivity contribution is 5.49. The van der Waals surface area contributed by atoms with Crippen LogP contribution < -0.4 is 5.32 Å². The van der Waals surface area contributed by atoms with Gasteiger partial charge in [0.05, 0.1) is 16.6 Å². The molecule has 0 heterocycles. The molecule has 5 nitrogen and oxygen atoms in total. The lowest BCUT2D eigenvalue weighted by atomic mass is 10.0. The average molecular weight is 224 g/mol. The fourth-order valence-corrected chi connectivity index (χ4v) is 1.11. The second-order valence-corrected chi connectivity index (χ2v) is 4.32. The third-order valence-electron chi connectivity index (χ3n) is 2.52. The van der Waals surface area contributed by atoms with E-state index >= 15 is 0 Å². The van der Waals surface area contributed by atoms with Crippen LogP contribution >= 0.6 is 0 Å². The number of hydrogen-bond donors (Lipinski definition) is 2. The summed E-state index contributed by atoms with van der Waals surface area (Å²) >= 11 is 0. The molecule has 2 N–H and O–H groups in total. The number of hydrogen-bond acceptors (Lipinski definition) is 4. The summed E-state index contributed by atoms with van der Waals surface area (Å²) in [6, 6.07) is 5.97. The lowest BCUT2D eigenvalue weighted by Crippen LogP contribution is -2.39. The Labute approximate surface area is 94.3 Å². The normalized spacial score (nSPS) is 13.2. The van der Waals surface area contributed by atoms with Crippen molar-refractivity contribution in [3.05, 3.63) is 34.4 Å². The van der Waals surface area contributed by atoms with Crippen LogP contribution in [-0.4, -0.2) is 21.7 Å². The number of nitro benzene ring substituents is 1. The van der Waals surface area contributed by atoms with E-state index in [-0.39, 0.29) is 11.7 Å². The zero-order valence-electron chi connectivity index (χ0n) is 9.60. The van der Waals surface area contributed by atoms with E-state index in [1.165, 1.54) is 12.1 Å². The fraction of sp³-hybridized carbons (Fsp3) is 0.455. The third-order valence-corrected chi connectivity index (χ3v) is 2.52. The molecule has 0 aliphatic rings. The van der Waals surface area contributed by atoms with Gasteiger partial charge in [-0.1, -0.05) is 0 Å². The molecule has 16 heavy (non-hydrogen) atoms. The number of nitro groups is 1. The van der Waals surface area contributed by atoms with E-state index in [4.69, 9.17) is 0 Å². The Kier molecular flexibility index (Phi) is 3.49. The minimum absolute atomic E-state index is 0.0569. The second-order valence-electron chi connectivity index (χ2n) is 4.32. The monoisotopic (exact) mass is 224 g/mol. The van der Waals surface area contributed by atoms with Crippen LogP contribution in [0.5, 0.6) is 0 Å². The minimum atomic E-state index is -0.845. The molecular formula is C11H16N2O3. The molecule has 0 bridgehead atoms. The van der Waals surface area contributed by atoms with E-state index in [2.05, 4.69) is 5.32 Å². The van der Waals surface area contributed by atoms with Crippen LogP contribution in [0.3, 0.4) is 0 Å². The summed E-state index contributed by atoms with van der Waals surface area (Å²) in [6.07, 6.45) is 0. The first-order valence-electron chi connectivity index (χ1n) is 5.04. The average Bonchev–Trinajstić information content (AvgIpc) is 2.17. The summed E-state index contributed by atoms with van der Waals surface area (Å²) in [6.45, 7) is 5.26. The van der Waals surface area contributed by atoms with Crippen molar-refractivity contribution in [2.75, 3.05) is 5.32 Å². The number of nitrogens with zero attached hydrogens (tertiary/aromatic N) is 1. The fourth-order valence-electron chi connectivity index (χ4n) is 1.11. The Morgan fingerprint density at radius 3 is 2.25 bits per heavy atom. The van der Waals surface area contributed by atoms with Crippen LogP contribution in [0.25, 0.3) is 0 Å². The van der Waals surface area contributed by atoms with Crippen molar-refractivity contribution in [2.24, 2.45) is 0 Å². The van der Waals surface area contributed by atoms with Crippen LogP contribution in [0, 0.1) is 10.1 Å². The zero-order chi connectivity index (χ0) is 12.3. The highest BCUT2D eigenvalue weighted by Gasteiger charge is 2.21. The number of nitrogens with one attached hydrogen (secondary N) is 1. The van der Waals surface area contributed by atoms with Crippen molar-refractivity contribution in [1.82, 2.24) is 0 Å². The van der Waals surface area contributed by atoms with Crippen LogP contribution in [0.1, 0.15) is 20.8 Å². The number of anilines is 1. The van der Waals surface area contributed by atoms with Crippen LogP contribution in [0.4, 0.5) is 11.4 Å². The van der Waals surface area contributed by atoms with Crippen molar-refractivity contribution in [2.45, 2.75) is 32.4 Å². The highest BCUT2D eigenvalue weighted by atomic mass is 16.6. The molecule has 5 heteroatoms. The summed E-state index contributed by atoms with van der Waals surface area (Å²) in [5.41, 5.74) is -0.0383. The van der Waals surface area contributed by atoms with Gasteiger partial charge in [0, 0.05) is 17.8 Å². The zero-order valence-corrected chi connectivity index (χ0v) is 9.60. The second kappa shape index (κ2) is 4.49. The van der Waals surface area contributed by atoms with Crippen LogP contribution in [0.15, 0.2) is 24.3 Å². The number of non-ortho nitro benzene ring substituents is 1. The molecule has 0 saturated carbocycles. The lowest BCUT2D eigenvalue weighted by molar-refractivity contribution is -0.384. The molecule has 1 aromatic carbocycles. The van der Waals surface area contributed by atoms with Crippen molar-refractivity contribution in [3.8, 4) is 0 Å². The molecule has 0 spiro atoms. The van der Waals surface area contributed by atoms with E-state index in [9.17, 15) is 15.2 Å². The first-order valence-corrected chi connectivity index (χ1v) is 5.04. The molecule has 1 atom stereocenters. The minimum Gasteiger partial charge on any atom is -0.388 e. The summed E-state index contributed by atoms with van der Waals surface area (Å²) in [5.74, 6) is 0. The van der Waals surface area contributed by atoms with Gasteiger partial charge < -0.3 is 10.4 Å². The van der Waals surface area contributed by atoms with Gasteiger partial charge in [0.1, 0.15) is 0 Å². The molecule has 1 rings (SSSR count). The molecule has 0 aromatic heterocycles. The first-order chi connectivity index (χ1) is 7.30. The van der Waals surface area contributed by atoms with Gasteiger partial charge in [-0.15, -0.1) is 0 Å². The molecule has 0 fully saturated rings. The van der Waals surface area contributed by atoms with Crippen molar-refractivity contribution < 1.29 is 10.0 Å². The van der Waals surface area contributed by atoms with Gasteiger partial charge in [-0.3, -0.25) is 10.1 Å². The number of rotatable bonds is 4. The van der Waals surface area contributed by atoms with Gasteiger partial charge >= 0.3 is 0 Å². The Morgan fingerprint density at radius 1 is 1.38 bits per heavy atom. The maximum Gasteiger partial charge on any atom is 0.269 e. The maximum absolute atomic E-state index is 10.4. The highest BCUT2D eigenvalue weighted by Crippen LogP contribution is 2.18. The Balaban J connectivity index is 2.73. The molecular weight excluding hydrogens is 208 g/mol. The van der Waals surface area contributed by atoms with Gasteiger partial charge in [-0.25, -0.2) is 0 Å². The van der Waals surface area contributed by atoms with Crippen molar-refractivity contribution >= 4 is 11.4 Å². The van der Waals surface area contributed by atoms with Gasteiger partial charge in [-0.2, -0.15) is 0 Å². The Hall–Kier alpha value is -1.62. The molecule has 0 amide bonds. The summed E-state index contributed by atoms with van der Waals surface area (Å²) in [5, 5.41) is 23.2. The molecule has 0 radical (unpaired) electrons. The quantitative estimate of drug-likeness (QED) is 0.607. The predicted molar refractivity (Wildman–Crippen MR) is 62.5 cm³/mol. The first kappa shape index (κ1) is 12.4. The van der Waals surface area contributed by atoms with Gasteiger partial charge in [0.15, 0.2) is 0 Å². The molecule has 0 saturated heterocycles. The van der Waals surface area contributed by atoms with E-state index < -0.39 is 10.5 Å². The van der Waals surface area contributed by atoms with Crippen molar-refractivity contribution in [1.29, 1.82) is 0 Å². The van der Waals surface area contributed by atoms with Gasteiger partial charge in [0.25, 0.3) is 5.69 Å². The SMILES string of the molecule is CC(Nc1ccc([N+](=O)[O-])cc1)C(C)(C)O. The van der Waals surface area contributed by atoms with Crippen molar-refractivity contribution in [3.63, 3.8) is 0 Å². The number of aliphatic hydroxyl groups is 1. The maximum atomic E-state index is 10.4. The van der Waals surface area contributed by atoms with E-state index in [1.54, 1.807) is 26.0 Å². The predicted octanol–water partition coefficient (Wildman–Crippen LogP) is 2.17. The lowest BCUT2D eigenvalue weighted by Gasteiger charge is -2.27. The topological polar surface area (TPSA) is 75.4 Å². The van der Waals surface area contributed by atoms with Crippen LogP contribution in [0.2, 0.25) is 0 Å². The summed E-state index contributed by atoms with van der Waals surface area (Å²) in [7, 11) is 0. The van der Waals surface area contributed by atoms with E-state index in [1.807, 2.05) is 6.92 Å². The van der Waals surface area contributed by atoms with Crippen LogP contribution in [-0.2, 0) is 0 Å². The van der Waals surface area contributed by atoms with E-state index in [0.717, 1.165) is 5.69 Å². The number of benzene rings is 1. The molecule has 1 unspecified atom stereocenters. The Morgan fingerprint density at radius 2 is 1.88 bits per heavy atom. The Bertz CT molecular complexity index is 368. The summed E-state index contributed by atoms with van der Waals surface area (Å²) < 4.78 is 0. The van der Waals surface area contributed by atoms with E-state index in [0.29, 0.717) is 0 Å². The third kappa shape index (κ3) is 3.20. The largest absolute Gasteiger partial charge is 0.388 e.